The molecule has 0 unspecified atom stereocenters. The highest BCUT2D eigenvalue weighted by Gasteiger charge is 2.53. The highest BCUT2D eigenvalue weighted by atomic mass is 16.7. The van der Waals surface area contributed by atoms with Gasteiger partial charge in [-0.25, -0.2) is 0 Å². The molecular weight excluding hydrogens is 204 g/mol. The molecule has 3 heteroatoms. The Balaban J connectivity index is 1.68. The topological polar surface area (TPSA) is 35.5 Å². The van der Waals surface area contributed by atoms with Crippen LogP contribution in [0.2, 0.25) is 0 Å². The summed E-state index contributed by atoms with van der Waals surface area (Å²) in [6, 6.07) is 0. The van der Waals surface area contributed by atoms with Crippen molar-refractivity contribution in [3.63, 3.8) is 0 Å². The van der Waals surface area contributed by atoms with Crippen molar-refractivity contribution in [1.82, 2.24) is 0 Å². The Labute approximate surface area is 96.5 Å². The SMILES string of the molecule is CC1(C)COC2(C[C@H]3CC(=O)C[C@H]3C2)OC1. The van der Waals surface area contributed by atoms with Crippen LogP contribution in [0.4, 0.5) is 0 Å². The predicted molar refractivity (Wildman–Crippen MR) is 58.9 cm³/mol. The smallest absolute Gasteiger partial charge is 0.168 e. The third kappa shape index (κ3) is 1.70. The molecule has 0 aromatic rings. The van der Waals surface area contributed by atoms with Crippen LogP contribution in [0.3, 0.4) is 0 Å². The third-order valence-corrected chi connectivity index (χ3v) is 4.24. The van der Waals surface area contributed by atoms with Crippen LogP contribution < -0.4 is 0 Å². The number of rotatable bonds is 0. The molecule has 1 spiro atoms. The minimum absolute atomic E-state index is 0.138. The first-order valence-corrected chi connectivity index (χ1v) is 6.28. The van der Waals surface area contributed by atoms with Gasteiger partial charge in [0.25, 0.3) is 0 Å². The maximum absolute atomic E-state index is 11.3. The molecule has 1 aliphatic heterocycles. The summed E-state index contributed by atoms with van der Waals surface area (Å²) in [6.45, 7) is 5.89. The average Bonchev–Trinajstić information content (AvgIpc) is 2.66. The van der Waals surface area contributed by atoms with Crippen LogP contribution in [0, 0.1) is 17.3 Å². The number of hydrogen-bond donors (Lipinski definition) is 0. The number of ether oxygens (including phenoxy) is 2. The van der Waals surface area contributed by atoms with Gasteiger partial charge < -0.3 is 9.47 Å². The summed E-state index contributed by atoms with van der Waals surface area (Å²) < 4.78 is 12.0. The number of hydrogen-bond acceptors (Lipinski definition) is 3. The Bertz CT molecular complexity index is 293. The summed E-state index contributed by atoms with van der Waals surface area (Å²) >= 11 is 0. The number of carbonyl (C=O) groups is 1. The summed E-state index contributed by atoms with van der Waals surface area (Å²) in [5.41, 5.74) is 0.138. The van der Waals surface area contributed by atoms with E-state index in [2.05, 4.69) is 13.8 Å². The molecule has 0 radical (unpaired) electrons. The first-order valence-electron chi connectivity index (χ1n) is 6.28. The molecule has 0 aromatic carbocycles. The number of ketones is 1. The van der Waals surface area contributed by atoms with Gasteiger partial charge in [0.1, 0.15) is 5.78 Å². The van der Waals surface area contributed by atoms with E-state index >= 15 is 0 Å². The molecule has 2 aliphatic carbocycles. The summed E-state index contributed by atoms with van der Waals surface area (Å²) in [7, 11) is 0. The lowest BCUT2D eigenvalue weighted by Crippen LogP contribution is -2.46. The molecule has 0 aromatic heterocycles. The molecule has 0 amide bonds. The minimum Gasteiger partial charge on any atom is -0.349 e. The fraction of sp³-hybridized carbons (Fsp3) is 0.923. The lowest BCUT2D eigenvalue weighted by atomic mass is 9.94. The quantitative estimate of drug-likeness (QED) is 0.632. The lowest BCUT2D eigenvalue weighted by molar-refractivity contribution is -0.297. The second-order valence-corrected chi connectivity index (χ2v) is 6.53. The molecule has 90 valence electrons. The molecule has 3 rings (SSSR count). The fourth-order valence-electron chi connectivity index (χ4n) is 3.33. The van der Waals surface area contributed by atoms with Crippen LogP contribution in [0.1, 0.15) is 39.5 Å². The summed E-state index contributed by atoms with van der Waals surface area (Å²) in [6.07, 6.45) is 3.37. The molecule has 2 atom stereocenters. The Morgan fingerprint density at radius 3 is 2.06 bits per heavy atom. The standard InChI is InChI=1S/C13H20O3/c1-12(2)7-15-13(16-8-12)5-9-3-11(14)4-10(9)6-13/h9-10H,3-8H2,1-2H3/t9-,10+. The van der Waals surface area contributed by atoms with E-state index in [4.69, 9.17) is 9.47 Å². The predicted octanol–water partition coefficient (Wildman–Crippen LogP) is 2.14. The van der Waals surface area contributed by atoms with E-state index in [-0.39, 0.29) is 11.2 Å². The van der Waals surface area contributed by atoms with Gasteiger partial charge in [0.15, 0.2) is 5.79 Å². The Hall–Kier alpha value is -0.410. The normalized spacial score (nSPS) is 40.2. The van der Waals surface area contributed by atoms with Gasteiger partial charge in [-0.2, -0.15) is 0 Å². The van der Waals surface area contributed by atoms with E-state index in [1.54, 1.807) is 0 Å². The first-order chi connectivity index (χ1) is 7.48. The molecule has 1 heterocycles. The third-order valence-electron chi connectivity index (χ3n) is 4.24. The van der Waals surface area contributed by atoms with Gasteiger partial charge in [0, 0.05) is 31.1 Å². The number of fused-ring (bicyclic) bond motifs is 1. The zero-order valence-electron chi connectivity index (χ0n) is 10.1. The summed E-state index contributed by atoms with van der Waals surface area (Å²) in [5, 5.41) is 0. The van der Waals surface area contributed by atoms with Crippen molar-refractivity contribution in [3.05, 3.63) is 0 Å². The fourth-order valence-corrected chi connectivity index (χ4v) is 3.33. The zero-order chi connectivity index (χ0) is 11.4. The van der Waals surface area contributed by atoms with Crippen LogP contribution in [-0.2, 0) is 14.3 Å². The summed E-state index contributed by atoms with van der Waals surface area (Å²) in [5.74, 6) is 1.13. The van der Waals surface area contributed by atoms with Gasteiger partial charge >= 0.3 is 0 Å². The maximum atomic E-state index is 11.3. The van der Waals surface area contributed by atoms with E-state index < -0.39 is 0 Å². The molecule has 3 aliphatic rings. The highest BCUT2D eigenvalue weighted by Crippen LogP contribution is 2.51. The van der Waals surface area contributed by atoms with Crippen LogP contribution in [-0.4, -0.2) is 24.8 Å². The largest absolute Gasteiger partial charge is 0.349 e. The lowest BCUT2D eigenvalue weighted by Gasteiger charge is -2.42. The van der Waals surface area contributed by atoms with Crippen molar-refractivity contribution < 1.29 is 14.3 Å². The Morgan fingerprint density at radius 1 is 1.06 bits per heavy atom. The van der Waals surface area contributed by atoms with E-state index in [9.17, 15) is 4.79 Å². The van der Waals surface area contributed by atoms with Gasteiger partial charge in [-0.05, 0) is 11.8 Å². The number of Topliss-reactive ketones (excluding diaryl/α,β-unsaturated/α-hetero) is 1. The van der Waals surface area contributed by atoms with Gasteiger partial charge in [-0.3, -0.25) is 4.79 Å². The average molecular weight is 224 g/mol. The molecule has 16 heavy (non-hydrogen) atoms. The summed E-state index contributed by atoms with van der Waals surface area (Å²) in [4.78, 5) is 11.3. The maximum Gasteiger partial charge on any atom is 0.168 e. The highest BCUT2D eigenvalue weighted by molar-refractivity contribution is 5.81. The first kappa shape index (κ1) is 10.7. The van der Waals surface area contributed by atoms with Crippen LogP contribution in [0.5, 0.6) is 0 Å². The van der Waals surface area contributed by atoms with Gasteiger partial charge in [-0.15, -0.1) is 0 Å². The van der Waals surface area contributed by atoms with Crippen molar-refractivity contribution in [2.75, 3.05) is 13.2 Å². The van der Waals surface area contributed by atoms with Crippen LogP contribution >= 0.6 is 0 Å². The van der Waals surface area contributed by atoms with Gasteiger partial charge in [0.05, 0.1) is 13.2 Å². The molecule has 3 nitrogen and oxygen atoms in total. The van der Waals surface area contributed by atoms with Crippen molar-refractivity contribution in [3.8, 4) is 0 Å². The van der Waals surface area contributed by atoms with Gasteiger partial charge in [0.2, 0.25) is 0 Å². The minimum atomic E-state index is -0.342. The van der Waals surface area contributed by atoms with E-state index in [0.29, 0.717) is 17.6 Å². The van der Waals surface area contributed by atoms with E-state index in [1.807, 2.05) is 0 Å². The molecule has 1 saturated heterocycles. The van der Waals surface area contributed by atoms with Crippen LogP contribution in [0.15, 0.2) is 0 Å². The molecular formula is C13H20O3. The Morgan fingerprint density at radius 2 is 1.56 bits per heavy atom. The molecule has 0 N–H and O–H groups in total. The second kappa shape index (κ2) is 3.30. The monoisotopic (exact) mass is 224 g/mol. The van der Waals surface area contributed by atoms with Crippen molar-refractivity contribution in [1.29, 1.82) is 0 Å². The molecule has 0 bridgehead atoms. The number of carbonyl (C=O) groups excluding carboxylic acids is 1. The molecule has 3 fully saturated rings. The van der Waals surface area contributed by atoms with Crippen molar-refractivity contribution >= 4 is 5.78 Å². The van der Waals surface area contributed by atoms with E-state index in [1.165, 1.54) is 0 Å². The van der Waals surface area contributed by atoms with Crippen molar-refractivity contribution in [2.45, 2.75) is 45.3 Å². The molecule has 2 saturated carbocycles. The van der Waals surface area contributed by atoms with Crippen LogP contribution in [0.25, 0.3) is 0 Å². The zero-order valence-corrected chi connectivity index (χ0v) is 10.1. The van der Waals surface area contributed by atoms with Crippen molar-refractivity contribution in [2.24, 2.45) is 17.3 Å². The second-order valence-electron chi connectivity index (χ2n) is 6.53. The van der Waals surface area contributed by atoms with Gasteiger partial charge in [-0.1, -0.05) is 13.8 Å². The van der Waals surface area contributed by atoms with E-state index in [0.717, 1.165) is 38.9 Å². The Kier molecular flexibility index (Phi) is 2.21.